The van der Waals surface area contributed by atoms with E-state index in [4.69, 9.17) is 19.2 Å². The molecule has 0 spiro atoms. The second-order valence-electron chi connectivity index (χ2n) is 7.20. The first-order chi connectivity index (χ1) is 16.0. The zero-order chi connectivity index (χ0) is 24.0. The molecule has 1 heterocycles. The van der Waals surface area contributed by atoms with Crippen LogP contribution < -0.4 is 19.1 Å². The fourth-order valence-corrected chi connectivity index (χ4v) is 5.26. The number of amides is 1. The van der Waals surface area contributed by atoms with Gasteiger partial charge >= 0.3 is 0 Å². The number of likely N-dealkylation sites (N-methyl/N-ethyl adjacent to an activating group) is 1. The number of ether oxygens (including phenoxy) is 3. The van der Waals surface area contributed by atoms with E-state index < -0.39 is 0 Å². The minimum atomic E-state index is -0.161. The number of thiazole rings is 1. The van der Waals surface area contributed by atoms with E-state index in [1.807, 2.05) is 18.4 Å². The van der Waals surface area contributed by atoms with Crippen LogP contribution in [-0.2, 0) is 0 Å². The molecule has 0 atom stereocenters. The zero-order valence-electron chi connectivity index (χ0n) is 20.0. The van der Waals surface area contributed by atoms with E-state index in [1.165, 1.54) is 11.3 Å². The predicted molar refractivity (Wildman–Crippen MR) is 137 cm³/mol. The summed E-state index contributed by atoms with van der Waals surface area (Å²) in [7, 11) is 4.63. The molecule has 0 aliphatic heterocycles. The van der Waals surface area contributed by atoms with Gasteiger partial charge in [0, 0.05) is 23.5 Å². The molecule has 0 unspecified atom stereocenters. The molecule has 0 saturated carbocycles. The lowest BCUT2D eigenvalue weighted by atomic mass is 10.1. The van der Waals surface area contributed by atoms with E-state index in [1.54, 1.807) is 50.1 Å². The van der Waals surface area contributed by atoms with Crippen LogP contribution in [0.15, 0.2) is 35.2 Å². The maximum atomic E-state index is 13.8. The van der Waals surface area contributed by atoms with Crippen molar-refractivity contribution in [2.24, 2.45) is 0 Å². The molecule has 0 bridgehead atoms. The Labute approximate surface area is 203 Å². The summed E-state index contributed by atoms with van der Waals surface area (Å²) in [6.07, 6.45) is 2.03. The molecule has 0 radical (unpaired) electrons. The molecule has 0 fully saturated rings. The van der Waals surface area contributed by atoms with Crippen molar-refractivity contribution >= 4 is 44.4 Å². The normalized spacial score (nSPS) is 11.1. The van der Waals surface area contributed by atoms with Gasteiger partial charge in [0.25, 0.3) is 5.91 Å². The third kappa shape index (κ3) is 5.37. The summed E-state index contributed by atoms with van der Waals surface area (Å²) < 4.78 is 17.4. The van der Waals surface area contributed by atoms with Crippen LogP contribution in [0.2, 0.25) is 0 Å². The Morgan fingerprint density at radius 1 is 1.03 bits per heavy atom. The van der Waals surface area contributed by atoms with Crippen molar-refractivity contribution in [3.63, 3.8) is 0 Å². The van der Waals surface area contributed by atoms with Crippen molar-refractivity contribution in [2.45, 2.75) is 18.7 Å². The number of carbonyl (C=O) groups excluding carboxylic acids is 1. The zero-order valence-corrected chi connectivity index (χ0v) is 21.6. The number of anilines is 1. The van der Waals surface area contributed by atoms with Crippen LogP contribution in [0.1, 0.15) is 24.2 Å². The number of fused-ring (bicyclic) bond motifs is 1. The van der Waals surface area contributed by atoms with Crippen molar-refractivity contribution < 1.29 is 19.0 Å². The van der Waals surface area contributed by atoms with E-state index in [-0.39, 0.29) is 5.91 Å². The van der Waals surface area contributed by atoms with Crippen LogP contribution >= 0.6 is 23.1 Å². The lowest BCUT2D eigenvalue weighted by molar-refractivity contribution is 0.0983. The minimum absolute atomic E-state index is 0.161. The summed E-state index contributed by atoms with van der Waals surface area (Å²) in [5.41, 5.74) is 1.38. The summed E-state index contributed by atoms with van der Waals surface area (Å²) in [5.74, 6) is 1.18. The molecule has 178 valence electrons. The van der Waals surface area contributed by atoms with E-state index in [9.17, 15) is 4.79 Å². The minimum Gasteiger partial charge on any atom is -0.493 e. The van der Waals surface area contributed by atoms with Crippen LogP contribution in [0.3, 0.4) is 0 Å². The molecule has 3 rings (SSSR count). The molecular formula is C24H31N3O4S2. The first-order valence-corrected chi connectivity index (χ1v) is 12.8. The first-order valence-electron chi connectivity index (χ1n) is 10.8. The second-order valence-corrected chi connectivity index (χ2v) is 9.06. The molecule has 7 nitrogen and oxygen atoms in total. The van der Waals surface area contributed by atoms with Crippen LogP contribution in [0, 0.1) is 0 Å². The summed E-state index contributed by atoms with van der Waals surface area (Å²) in [6.45, 7) is 7.34. The van der Waals surface area contributed by atoms with Gasteiger partial charge in [0.15, 0.2) is 16.6 Å². The first kappa shape index (κ1) is 25.1. The van der Waals surface area contributed by atoms with Gasteiger partial charge < -0.3 is 19.1 Å². The van der Waals surface area contributed by atoms with E-state index in [2.05, 4.69) is 24.8 Å². The molecule has 3 aromatic rings. The summed E-state index contributed by atoms with van der Waals surface area (Å²) >= 11 is 3.18. The Morgan fingerprint density at radius 3 is 2.24 bits per heavy atom. The molecule has 9 heteroatoms. The number of para-hydroxylation sites is 1. The number of methoxy groups -OCH3 is 3. The summed E-state index contributed by atoms with van der Waals surface area (Å²) in [5, 5.41) is 0.678. The van der Waals surface area contributed by atoms with Gasteiger partial charge in [-0.05, 0) is 43.6 Å². The standard InChI is InChI=1S/C24H31N3O4S2/c1-7-26(8-2)12-13-27(24-25-21-19(32-6)10-9-11-20(21)33-24)23(28)16-14-17(29-3)22(31-5)18(15-16)30-4/h9-11,14-15H,7-8,12-13H2,1-6H3. The maximum Gasteiger partial charge on any atom is 0.260 e. The molecule has 1 aromatic heterocycles. The fraction of sp³-hybridized carbons (Fsp3) is 0.417. The van der Waals surface area contributed by atoms with Crippen molar-refractivity contribution in [2.75, 3.05) is 58.7 Å². The third-order valence-electron chi connectivity index (χ3n) is 5.51. The average molecular weight is 490 g/mol. The highest BCUT2D eigenvalue weighted by Gasteiger charge is 2.25. The van der Waals surface area contributed by atoms with E-state index in [0.717, 1.165) is 34.7 Å². The average Bonchev–Trinajstić information content (AvgIpc) is 3.29. The van der Waals surface area contributed by atoms with E-state index in [0.29, 0.717) is 34.5 Å². The van der Waals surface area contributed by atoms with Gasteiger partial charge in [-0.3, -0.25) is 9.69 Å². The Balaban J connectivity index is 2.07. The SMILES string of the molecule is CCN(CC)CCN(C(=O)c1cc(OC)c(OC)c(OC)c1)c1nc2c(SC)cccc2s1. The Kier molecular flexibility index (Phi) is 8.82. The molecule has 0 aliphatic rings. The van der Waals surface area contributed by atoms with Crippen molar-refractivity contribution in [3.8, 4) is 17.2 Å². The fourth-order valence-electron chi connectivity index (χ4n) is 3.62. The van der Waals surface area contributed by atoms with Gasteiger partial charge in [-0.1, -0.05) is 31.3 Å². The quantitative estimate of drug-likeness (QED) is 0.350. The van der Waals surface area contributed by atoms with Crippen molar-refractivity contribution in [1.29, 1.82) is 0 Å². The largest absolute Gasteiger partial charge is 0.493 e. The Morgan fingerprint density at radius 2 is 1.70 bits per heavy atom. The number of hydrogen-bond donors (Lipinski definition) is 0. The summed E-state index contributed by atoms with van der Waals surface area (Å²) in [6, 6.07) is 9.50. The van der Waals surface area contributed by atoms with Crippen molar-refractivity contribution in [3.05, 3.63) is 35.9 Å². The van der Waals surface area contributed by atoms with Crippen LogP contribution in [-0.4, -0.2) is 69.6 Å². The van der Waals surface area contributed by atoms with E-state index >= 15 is 0 Å². The number of benzene rings is 2. The highest BCUT2D eigenvalue weighted by molar-refractivity contribution is 7.98. The lowest BCUT2D eigenvalue weighted by Crippen LogP contribution is -2.38. The van der Waals surface area contributed by atoms with Gasteiger partial charge in [0.2, 0.25) is 5.75 Å². The maximum absolute atomic E-state index is 13.8. The Bertz CT molecular complexity index is 1070. The highest BCUT2D eigenvalue weighted by atomic mass is 32.2. The van der Waals surface area contributed by atoms with Crippen LogP contribution in [0.4, 0.5) is 5.13 Å². The second kappa shape index (κ2) is 11.6. The Hall–Kier alpha value is -2.49. The number of nitrogens with zero attached hydrogens (tertiary/aromatic N) is 3. The van der Waals surface area contributed by atoms with Gasteiger partial charge in [-0.15, -0.1) is 11.8 Å². The smallest absolute Gasteiger partial charge is 0.260 e. The monoisotopic (exact) mass is 489 g/mol. The van der Waals surface area contributed by atoms with Gasteiger partial charge in [0.1, 0.15) is 0 Å². The third-order valence-corrected chi connectivity index (χ3v) is 7.33. The van der Waals surface area contributed by atoms with Crippen LogP contribution in [0.25, 0.3) is 10.2 Å². The lowest BCUT2D eigenvalue weighted by Gasteiger charge is -2.25. The summed E-state index contributed by atoms with van der Waals surface area (Å²) in [4.78, 5) is 23.8. The molecule has 0 N–H and O–H groups in total. The van der Waals surface area contributed by atoms with Gasteiger partial charge in [0.05, 0.1) is 31.5 Å². The topological polar surface area (TPSA) is 64.1 Å². The van der Waals surface area contributed by atoms with Crippen molar-refractivity contribution in [1.82, 2.24) is 9.88 Å². The number of thioether (sulfide) groups is 1. The predicted octanol–water partition coefficient (Wildman–Crippen LogP) is 5.03. The molecule has 0 saturated heterocycles. The highest BCUT2D eigenvalue weighted by Crippen LogP contribution is 2.39. The number of hydrogen-bond acceptors (Lipinski definition) is 8. The molecule has 0 aliphatic carbocycles. The number of carbonyl (C=O) groups is 1. The molecule has 1 amide bonds. The number of aromatic nitrogens is 1. The van der Waals surface area contributed by atoms with Gasteiger partial charge in [-0.25, -0.2) is 4.98 Å². The van der Waals surface area contributed by atoms with Crippen LogP contribution in [0.5, 0.6) is 17.2 Å². The molecular weight excluding hydrogens is 458 g/mol. The molecule has 33 heavy (non-hydrogen) atoms. The number of rotatable bonds is 11. The molecule has 2 aromatic carbocycles. The van der Waals surface area contributed by atoms with Gasteiger partial charge in [-0.2, -0.15) is 0 Å².